The quantitative estimate of drug-likeness (QED) is 0.793. The average Bonchev–Trinajstić information content (AvgIpc) is 2.74. The summed E-state index contributed by atoms with van der Waals surface area (Å²) in [5, 5.41) is 0. The predicted molar refractivity (Wildman–Crippen MR) is 109 cm³/mol. The first-order valence-corrected chi connectivity index (χ1v) is 10.3. The average molecular weight is 397 g/mol. The highest BCUT2D eigenvalue weighted by Crippen LogP contribution is 2.35. The minimum Gasteiger partial charge on any atom is -0.486 e. The van der Waals surface area contributed by atoms with E-state index in [0.717, 1.165) is 18.5 Å². The van der Waals surface area contributed by atoms with Crippen LogP contribution in [0.4, 0.5) is 0 Å². The van der Waals surface area contributed by atoms with Crippen molar-refractivity contribution >= 4 is 5.91 Å². The molecule has 1 amide bonds. The number of piperidine rings is 1. The number of rotatable bonds is 4. The lowest BCUT2D eigenvalue weighted by atomic mass is 9.96. The monoisotopic (exact) mass is 397 g/mol. The molecule has 1 aromatic carbocycles. The van der Waals surface area contributed by atoms with Gasteiger partial charge in [-0.2, -0.15) is 0 Å². The number of benzene rings is 1. The Kier molecular flexibility index (Phi) is 5.56. The number of para-hydroxylation sites is 1. The molecule has 1 saturated heterocycles. The maximum Gasteiger partial charge on any atom is 0.257 e. The molecule has 4 rings (SSSR count). The van der Waals surface area contributed by atoms with Crippen molar-refractivity contribution in [2.45, 2.75) is 39.2 Å². The van der Waals surface area contributed by atoms with Gasteiger partial charge in [-0.05, 0) is 36.8 Å². The number of ether oxygens (including phenoxy) is 2. The molecule has 0 atom stereocenters. The van der Waals surface area contributed by atoms with Gasteiger partial charge in [-0.25, -0.2) is 4.98 Å². The van der Waals surface area contributed by atoms with Gasteiger partial charge in [-0.15, -0.1) is 0 Å². The summed E-state index contributed by atoms with van der Waals surface area (Å²) in [5.74, 6) is 1.76. The molecule has 0 radical (unpaired) electrons. The van der Waals surface area contributed by atoms with Gasteiger partial charge in [0, 0.05) is 25.7 Å². The fraction of sp³-hybridized carbons (Fsp3) is 0.500. The summed E-state index contributed by atoms with van der Waals surface area (Å²) in [6.45, 7) is 6.99. The van der Waals surface area contributed by atoms with Gasteiger partial charge in [0.25, 0.3) is 11.5 Å². The Balaban J connectivity index is 1.39. The number of aromatic nitrogens is 2. The molecule has 0 saturated carbocycles. The van der Waals surface area contributed by atoms with Crippen LogP contribution in [0.25, 0.3) is 0 Å². The fourth-order valence-corrected chi connectivity index (χ4v) is 3.90. The second-order valence-electron chi connectivity index (χ2n) is 8.02. The van der Waals surface area contributed by atoms with Crippen LogP contribution in [0.1, 0.15) is 48.7 Å². The van der Waals surface area contributed by atoms with Gasteiger partial charge in [-0.1, -0.05) is 19.9 Å². The lowest BCUT2D eigenvalue weighted by molar-refractivity contribution is 0.0672. The molecule has 2 aliphatic heterocycles. The molecule has 0 N–H and O–H groups in total. The molecule has 1 fully saturated rings. The smallest absolute Gasteiger partial charge is 0.257 e. The van der Waals surface area contributed by atoms with Crippen molar-refractivity contribution in [3.8, 4) is 11.5 Å². The first kappa shape index (κ1) is 19.5. The van der Waals surface area contributed by atoms with Crippen LogP contribution >= 0.6 is 0 Å². The lowest BCUT2D eigenvalue weighted by Crippen LogP contribution is -2.40. The normalized spacial score (nSPS) is 16.9. The molecule has 0 spiro atoms. The Morgan fingerprint density at radius 1 is 1.21 bits per heavy atom. The van der Waals surface area contributed by atoms with Crippen LogP contribution in [0, 0.1) is 5.92 Å². The molecule has 0 aliphatic carbocycles. The van der Waals surface area contributed by atoms with Crippen LogP contribution in [0.15, 0.2) is 35.4 Å². The highest BCUT2D eigenvalue weighted by atomic mass is 16.6. The number of fused-ring (bicyclic) bond motifs is 1. The third kappa shape index (κ3) is 4.13. The molecule has 0 bridgehead atoms. The third-order valence-electron chi connectivity index (χ3n) is 5.65. The summed E-state index contributed by atoms with van der Waals surface area (Å²) in [4.78, 5) is 31.6. The van der Waals surface area contributed by atoms with Gasteiger partial charge in [0.1, 0.15) is 13.2 Å². The summed E-state index contributed by atoms with van der Waals surface area (Å²) < 4.78 is 13.0. The van der Waals surface area contributed by atoms with Crippen molar-refractivity contribution < 1.29 is 14.3 Å². The number of hydrogen-bond donors (Lipinski definition) is 0. The van der Waals surface area contributed by atoms with E-state index in [4.69, 9.17) is 9.47 Å². The van der Waals surface area contributed by atoms with E-state index in [1.165, 1.54) is 0 Å². The van der Waals surface area contributed by atoms with Gasteiger partial charge in [0.2, 0.25) is 0 Å². The molecule has 2 aromatic rings. The number of amides is 1. The highest BCUT2D eigenvalue weighted by molar-refractivity contribution is 5.98. The third-order valence-corrected chi connectivity index (χ3v) is 5.65. The zero-order valence-corrected chi connectivity index (χ0v) is 17.0. The van der Waals surface area contributed by atoms with Gasteiger partial charge >= 0.3 is 0 Å². The molecule has 29 heavy (non-hydrogen) atoms. The zero-order valence-electron chi connectivity index (χ0n) is 17.0. The lowest BCUT2D eigenvalue weighted by Gasteiger charge is -2.33. The number of nitrogens with zero attached hydrogens (tertiary/aromatic N) is 3. The van der Waals surface area contributed by atoms with Crippen molar-refractivity contribution in [3.05, 3.63) is 52.2 Å². The molecule has 7 nitrogen and oxygen atoms in total. The molecular formula is C22H27N3O4. The Labute approximate surface area is 170 Å². The minimum atomic E-state index is -0.0223. The zero-order chi connectivity index (χ0) is 20.4. The van der Waals surface area contributed by atoms with Crippen LogP contribution < -0.4 is 15.0 Å². The number of hydrogen-bond acceptors (Lipinski definition) is 5. The number of carbonyl (C=O) groups excluding carboxylic acids is 1. The molecule has 154 valence electrons. The van der Waals surface area contributed by atoms with Gasteiger partial charge < -0.3 is 14.4 Å². The van der Waals surface area contributed by atoms with Crippen LogP contribution in [0.5, 0.6) is 11.5 Å². The standard InChI is InChI=1S/C22H27N3O4/c1-15(2)18-12-20(26)25(14-23-18)13-16-6-8-24(9-7-16)22(27)17-4-3-5-19-21(17)29-11-10-28-19/h3-5,12,14-16H,6-11,13H2,1-2H3. The largest absolute Gasteiger partial charge is 0.486 e. The van der Waals surface area contributed by atoms with Crippen molar-refractivity contribution in [2.75, 3.05) is 26.3 Å². The first-order chi connectivity index (χ1) is 14.0. The SMILES string of the molecule is CC(C)c1cc(=O)n(CC2CCN(C(=O)c3cccc4c3OCCO4)CC2)cn1. The van der Waals surface area contributed by atoms with Crippen molar-refractivity contribution in [1.82, 2.24) is 14.5 Å². The number of likely N-dealkylation sites (tertiary alicyclic amines) is 1. The predicted octanol–water partition coefficient (Wildman–Crippen LogP) is 2.69. The van der Waals surface area contributed by atoms with Crippen molar-refractivity contribution in [2.24, 2.45) is 5.92 Å². The van der Waals surface area contributed by atoms with Crippen molar-refractivity contribution in [1.29, 1.82) is 0 Å². The van der Waals surface area contributed by atoms with E-state index in [9.17, 15) is 9.59 Å². The topological polar surface area (TPSA) is 73.7 Å². The maximum atomic E-state index is 13.0. The summed E-state index contributed by atoms with van der Waals surface area (Å²) in [6, 6.07) is 7.08. The summed E-state index contributed by atoms with van der Waals surface area (Å²) in [7, 11) is 0. The summed E-state index contributed by atoms with van der Waals surface area (Å²) in [5.41, 5.74) is 1.38. The van der Waals surface area contributed by atoms with E-state index in [1.54, 1.807) is 23.0 Å². The van der Waals surface area contributed by atoms with Crippen LogP contribution in [-0.2, 0) is 6.54 Å². The molecule has 2 aliphatic rings. The molecular weight excluding hydrogens is 370 g/mol. The van der Waals surface area contributed by atoms with Crippen molar-refractivity contribution in [3.63, 3.8) is 0 Å². The van der Waals surface area contributed by atoms with E-state index < -0.39 is 0 Å². The summed E-state index contributed by atoms with van der Waals surface area (Å²) in [6.07, 6.45) is 3.37. The van der Waals surface area contributed by atoms with Crippen LogP contribution in [-0.4, -0.2) is 46.7 Å². The maximum absolute atomic E-state index is 13.0. The second-order valence-corrected chi connectivity index (χ2v) is 8.02. The number of carbonyl (C=O) groups is 1. The Bertz CT molecular complexity index is 945. The molecule has 0 unspecified atom stereocenters. The Morgan fingerprint density at radius 3 is 2.69 bits per heavy atom. The molecule has 3 heterocycles. The van der Waals surface area contributed by atoms with E-state index in [1.807, 2.05) is 30.9 Å². The molecule has 7 heteroatoms. The van der Waals surface area contributed by atoms with Crippen LogP contribution in [0.3, 0.4) is 0 Å². The highest BCUT2D eigenvalue weighted by Gasteiger charge is 2.28. The van der Waals surface area contributed by atoms with E-state index in [2.05, 4.69) is 4.98 Å². The van der Waals surface area contributed by atoms with E-state index >= 15 is 0 Å². The van der Waals surface area contributed by atoms with E-state index in [0.29, 0.717) is 55.8 Å². The fourth-order valence-electron chi connectivity index (χ4n) is 3.90. The van der Waals surface area contributed by atoms with Crippen LogP contribution in [0.2, 0.25) is 0 Å². The van der Waals surface area contributed by atoms with Gasteiger partial charge in [0.05, 0.1) is 17.6 Å². The Morgan fingerprint density at radius 2 is 1.97 bits per heavy atom. The minimum absolute atomic E-state index is 0.00438. The Hall–Kier alpha value is -2.83. The van der Waals surface area contributed by atoms with Gasteiger partial charge in [0.15, 0.2) is 11.5 Å². The first-order valence-electron chi connectivity index (χ1n) is 10.3. The second kappa shape index (κ2) is 8.27. The molecule has 1 aromatic heterocycles. The van der Waals surface area contributed by atoms with E-state index in [-0.39, 0.29) is 17.4 Å². The van der Waals surface area contributed by atoms with Gasteiger partial charge in [-0.3, -0.25) is 14.2 Å². The summed E-state index contributed by atoms with van der Waals surface area (Å²) >= 11 is 0.